The van der Waals surface area contributed by atoms with Gasteiger partial charge in [0, 0.05) is 17.8 Å². The van der Waals surface area contributed by atoms with E-state index in [1.54, 1.807) is 24.7 Å². The van der Waals surface area contributed by atoms with Crippen molar-refractivity contribution in [1.82, 2.24) is 9.97 Å². The van der Waals surface area contributed by atoms with Crippen molar-refractivity contribution in [2.24, 2.45) is 0 Å². The number of hydrogen-bond acceptors (Lipinski definition) is 2. The van der Waals surface area contributed by atoms with E-state index >= 15 is 0 Å². The zero-order valence-corrected chi connectivity index (χ0v) is 10.8. The van der Waals surface area contributed by atoms with E-state index in [-0.39, 0.29) is 5.82 Å². The zero-order valence-electron chi connectivity index (χ0n) is 10.8. The van der Waals surface area contributed by atoms with Crippen LogP contribution in [0.15, 0.2) is 61.1 Å². The minimum absolute atomic E-state index is 0.186. The van der Waals surface area contributed by atoms with Crippen LogP contribution in [-0.2, 0) is 6.54 Å². The Bertz CT molecular complexity index is 675. The van der Waals surface area contributed by atoms with Gasteiger partial charge in [-0.25, -0.2) is 9.37 Å². The van der Waals surface area contributed by atoms with Gasteiger partial charge in [-0.2, -0.15) is 0 Å². The Morgan fingerprint density at radius 1 is 1.05 bits per heavy atom. The van der Waals surface area contributed by atoms with Gasteiger partial charge >= 0.3 is 0 Å². The second-order valence-electron chi connectivity index (χ2n) is 4.49. The first-order valence-corrected chi connectivity index (χ1v) is 6.39. The molecule has 0 saturated carbocycles. The summed E-state index contributed by atoms with van der Waals surface area (Å²) in [7, 11) is 0. The van der Waals surface area contributed by atoms with Crippen molar-refractivity contribution in [2.75, 3.05) is 5.32 Å². The highest BCUT2D eigenvalue weighted by Gasteiger charge is 2.01. The molecule has 3 rings (SSSR count). The zero-order chi connectivity index (χ0) is 13.8. The van der Waals surface area contributed by atoms with E-state index in [1.165, 1.54) is 6.07 Å². The van der Waals surface area contributed by atoms with Crippen LogP contribution in [0, 0.1) is 5.82 Å². The van der Waals surface area contributed by atoms with E-state index in [2.05, 4.69) is 15.3 Å². The maximum absolute atomic E-state index is 13.5. The van der Waals surface area contributed by atoms with Crippen molar-refractivity contribution in [2.45, 2.75) is 6.54 Å². The number of aromatic amines is 1. The highest BCUT2D eigenvalue weighted by molar-refractivity contribution is 5.61. The van der Waals surface area contributed by atoms with Gasteiger partial charge in [-0.05, 0) is 23.8 Å². The molecule has 2 N–H and O–H groups in total. The summed E-state index contributed by atoms with van der Waals surface area (Å²) in [4.78, 5) is 7.05. The third-order valence-electron chi connectivity index (χ3n) is 3.13. The monoisotopic (exact) mass is 267 g/mol. The molecular weight excluding hydrogens is 253 g/mol. The van der Waals surface area contributed by atoms with Crippen LogP contribution in [0.1, 0.15) is 5.56 Å². The lowest BCUT2D eigenvalue weighted by Crippen LogP contribution is -2.01. The van der Waals surface area contributed by atoms with Crippen LogP contribution in [0.25, 0.3) is 11.3 Å². The lowest BCUT2D eigenvalue weighted by molar-refractivity contribution is 0.613. The van der Waals surface area contributed by atoms with Gasteiger partial charge in [-0.15, -0.1) is 0 Å². The van der Waals surface area contributed by atoms with Crippen LogP contribution >= 0.6 is 0 Å². The molecular formula is C16H14FN3. The molecule has 3 aromatic rings. The van der Waals surface area contributed by atoms with Crippen molar-refractivity contribution in [3.63, 3.8) is 0 Å². The van der Waals surface area contributed by atoms with Gasteiger partial charge in [0.1, 0.15) is 5.82 Å². The second-order valence-corrected chi connectivity index (χ2v) is 4.49. The highest BCUT2D eigenvalue weighted by Crippen LogP contribution is 2.19. The maximum Gasteiger partial charge on any atom is 0.128 e. The first-order chi connectivity index (χ1) is 9.83. The number of rotatable bonds is 4. The van der Waals surface area contributed by atoms with Crippen molar-refractivity contribution in [3.8, 4) is 11.3 Å². The third-order valence-corrected chi connectivity index (χ3v) is 3.13. The number of aromatic nitrogens is 2. The molecule has 1 aromatic heterocycles. The van der Waals surface area contributed by atoms with Crippen LogP contribution in [0.3, 0.4) is 0 Å². The first kappa shape index (κ1) is 12.4. The quantitative estimate of drug-likeness (QED) is 0.754. The molecule has 0 atom stereocenters. The van der Waals surface area contributed by atoms with Crippen molar-refractivity contribution >= 4 is 5.69 Å². The summed E-state index contributed by atoms with van der Waals surface area (Å²) in [5.74, 6) is -0.186. The van der Waals surface area contributed by atoms with Gasteiger partial charge in [-0.3, -0.25) is 0 Å². The summed E-state index contributed by atoms with van der Waals surface area (Å²) >= 11 is 0. The van der Waals surface area contributed by atoms with E-state index < -0.39 is 0 Å². The summed E-state index contributed by atoms with van der Waals surface area (Å²) < 4.78 is 13.5. The van der Waals surface area contributed by atoms with Gasteiger partial charge in [0.05, 0.1) is 18.2 Å². The molecule has 0 aliphatic heterocycles. The summed E-state index contributed by atoms with van der Waals surface area (Å²) in [5, 5.41) is 3.21. The maximum atomic E-state index is 13.5. The first-order valence-electron chi connectivity index (χ1n) is 6.39. The van der Waals surface area contributed by atoms with Crippen LogP contribution in [0.2, 0.25) is 0 Å². The largest absolute Gasteiger partial charge is 0.381 e. The molecule has 0 fully saturated rings. The van der Waals surface area contributed by atoms with Gasteiger partial charge in [-0.1, -0.05) is 30.3 Å². The molecule has 0 saturated heterocycles. The fraction of sp³-hybridized carbons (Fsp3) is 0.0625. The molecule has 0 bridgehead atoms. The Morgan fingerprint density at radius 2 is 1.85 bits per heavy atom. The normalized spacial score (nSPS) is 10.4. The average Bonchev–Trinajstić information content (AvgIpc) is 3.01. The average molecular weight is 267 g/mol. The lowest BCUT2D eigenvalue weighted by atomic mass is 10.1. The number of nitrogens with one attached hydrogen (secondary N) is 2. The molecule has 3 nitrogen and oxygen atoms in total. The van der Waals surface area contributed by atoms with E-state index in [0.717, 1.165) is 16.9 Å². The fourth-order valence-corrected chi connectivity index (χ4v) is 2.02. The van der Waals surface area contributed by atoms with Crippen LogP contribution in [0.4, 0.5) is 10.1 Å². The van der Waals surface area contributed by atoms with Gasteiger partial charge in [0.15, 0.2) is 0 Å². The smallest absolute Gasteiger partial charge is 0.128 e. The number of hydrogen-bond donors (Lipinski definition) is 2. The Balaban J connectivity index is 1.68. The lowest BCUT2D eigenvalue weighted by Gasteiger charge is -2.08. The van der Waals surface area contributed by atoms with Crippen molar-refractivity contribution in [1.29, 1.82) is 0 Å². The molecule has 0 radical (unpaired) electrons. The molecule has 0 aliphatic carbocycles. The minimum Gasteiger partial charge on any atom is -0.381 e. The van der Waals surface area contributed by atoms with Gasteiger partial charge < -0.3 is 10.3 Å². The Morgan fingerprint density at radius 3 is 2.55 bits per heavy atom. The number of benzene rings is 2. The number of halogens is 1. The van der Waals surface area contributed by atoms with E-state index in [4.69, 9.17) is 0 Å². The number of H-pyrrole nitrogens is 1. The van der Waals surface area contributed by atoms with Gasteiger partial charge in [0.25, 0.3) is 0 Å². The highest BCUT2D eigenvalue weighted by atomic mass is 19.1. The minimum atomic E-state index is -0.186. The Kier molecular flexibility index (Phi) is 3.46. The fourth-order valence-electron chi connectivity index (χ4n) is 2.02. The van der Waals surface area contributed by atoms with Crippen molar-refractivity contribution < 1.29 is 4.39 Å². The Labute approximate surface area is 116 Å². The van der Waals surface area contributed by atoms with E-state index in [9.17, 15) is 4.39 Å². The molecule has 0 amide bonds. The summed E-state index contributed by atoms with van der Waals surface area (Å²) in [6, 6.07) is 14.7. The molecule has 100 valence electrons. The number of anilines is 1. The summed E-state index contributed by atoms with van der Waals surface area (Å²) in [5.41, 5.74) is 3.66. The van der Waals surface area contributed by atoms with E-state index in [1.807, 2.05) is 30.3 Å². The molecule has 0 unspecified atom stereocenters. The molecule has 2 aromatic carbocycles. The molecule has 0 aliphatic rings. The van der Waals surface area contributed by atoms with Crippen LogP contribution in [-0.4, -0.2) is 9.97 Å². The van der Waals surface area contributed by atoms with Crippen LogP contribution < -0.4 is 5.32 Å². The van der Waals surface area contributed by atoms with Crippen molar-refractivity contribution in [3.05, 3.63) is 72.4 Å². The predicted molar refractivity (Wildman–Crippen MR) is 77.8 cm³/mol. The SMILES string of the molecule is Fc1ccccc1CNc1ccc(-c2cnc[nH]2)cc1. The second kappa shape index (κ2) is 5.57. The molecule has 4 heteroatoms. The molecule has 20 heavy (non-hydrogen) atoms. The topological polar surface area (TPSA) is 40.7 Å². The molecule has 1 heterocycles. The molecule has 0 spiro atoms. The van der Waals surface area contributed by atoms with E-state index in [0.29, 0.717) is 12.1 Å². The van der Waals surface area contributed by atoms with Crippen LogP contribution in [0.5, 0.6) is 0 Å². The Hall–Kier alpha value is -2.62. The summed E-state index contributed by atoms with van der Waals surface area (Å²) in [6.45, 7) is 0.468. The third kappa shape index (κ3) is 2.69. The standard InChI is InChI=1S/C16H14FN3/c17-15-4-2-1-3-13(15)9-19-14-7-5-12(6-8-14)16-10-18-11-20-16/h1-8,10-11,19H,9H2,(H,18,20). The van der Waals surface area contributed by atoms with Gasteiger partial charge in [0.2, 0.25) is 0 Å². The number of nitrogens with zero attached hydrogens (tertiary/aromatic N) is 1. The number of imidazole rings is 1. The summed E-state index contributed by atoms with van der Waals surface area (Å²) in [6.07, 6.45) is 3.43. The predicted octanol–water partition coefficient (Wildman–Crippen LogP) is 3.83.